The van der Waals surface area contributed by atoms with Crippen molar-refractivity contribution in [2.24, 2.45) is 0 Å². The summed E-state index contributed by atoms with van der Waals surface area (Å²) in [6, 6.07) is 8.39. The normalized spacial score (nSPS) is 20.8. The standard InChI is InChI=1S/C12H17NO/c1-13-9-10-5-4-8-14-12-7-3-2-6-11(10)12/h2-3,6-7,10,13H,4-5,8-9H2,1H3. The average molecular weight is 191 g/mol. The van der Waals surface area contributed by atoms with Crippen LogP contribution in [-0.2, 0) is 0 Å². The fraction of sp³-hybridized carbons (Fsp3) is 0.500. The molecule has 14 heavy (non-hydrogen) atoms. The van der Waals surface area contributed by atoms with Crippen LogP contribution in [0.4, 0.5) is 0 Å². The van der Waals surface area contributed by atoms with Crippen LogP contribution in [0.3, 0.4) is 0 Å². The fourth-order valence-corrected chi connectivity index (χ4v) is 2.08. The summed E-state index contributed by atoms with van der Waals surface area (Å²) in [5, 5.41) is 3.25. The highest BCUT2D eigenvalue weighted by Crippen LogP contribution is 2.32. The number of rotatable bonds is 2. The maximum atomic E-state index is 5.70. The van der Waals surface area contributed by atoms with Gasteiger partial charge in [-0.1, -0.05) is 18.2 Å². The Morgan fingerprint density at radius 2 is 2.29 bits per heavy atom. The minimum Gasteiger partial charge on any atom is -0.493 e. The van der Waals surface area contributed by atoms with Crippen LogP contribution in [0.25, 0.3) is 0 Å². The molecule has 0 aromatic heterocycles. The van der Waals surface area contributed by atoms with Crippen molar-refractivity contribution in [2.45, 2.75) is 18.8 Å². The molecule has 76 valence electrons. The van der Waals surface area contributed by atoms with Crippen LogP contribution in [0.1, 0.15) is 24.3 Å². The van der Waals surface area contributed by atoms with Gasteiger partial charge in [0.15, 0.2) is 0 Å². The molecular weight excluding hydrogens is 174 g/mol. The van der Waals surface area contributed by atoms with Crippen molar-refractivity contribution in [2.75, 3.05) is 20.2 Å². The predicted octanol–water partition coefficient (Wildman–Crippen LogP) is 2.16. The summed E-state index contributed by atoms with van der Waals surface area (Å²) < 4.78 is 5.70. The van der Waals surface area contributed by atoms with Gasteiger partial charge in [-0.2, -0.15) is 0 Å². The number of likely N-dealkylation sites (N-methyl/N-ethyl adjacent to an activating group) is 1. The summed E-state index contributed by atoms with van der Waals surface area (Å²) in [6.45, 7) is 1.90. The second kappa shape index (κ2) is 4.47. The molecule has 0 spiro atoms. The lowest BCUT2D eigenvalue weighted by Gasteiger charge is -2.15. The van der Waals surface area contributed by atoms with Crippen molar-refractivity contribution in [3.63, 3.8) is 0 Å². The third-order valence-corrected chi connectivity index (χ3v) is 2.76. The van der Waals surface area contributed by atoms with E-state index in [1.54, 1.807) is 0 Å². The molecule has 1 aliphatic rings. The fourth-order valence-electron chi connectivity index (χ4n) is 2.08. The molecule has 0 bridgehead atoms. The van der Waals surface area contributed by atoms with Crippen LogP contribution < -0.4 is 10.1 Å². The molecule has 1 aromatic rings. The van der Waals surface area contributed by atoms with Crippen LogP contribution in [0.5, 0.6) is 5.75 Å². The Balaban J connectivity index is 2.27. The van der Waals surface area contributed by atoms with Crippen LogP contribution in [0.2, 0.25) is 0 Å². The van der Waals surface area contributed by atoms with E-state index < -0.39 is 0 Å². The van der Waals surface area contributed by atoms with Crippen molar-refractivity contribution in [1.29, 1.82) is 0 Å². The quantitative estimate of drug-likeness (QED) is 0.773. The Morgan fingerprint density at radius 1 is 1.43 bits per heavy atom. The van der Waals surface area contributed by atoms with E-state index in [2.05, 4.69) is 23.5 Å². The zero-order valence-electron chi connectivity index (χ0n) is 8.62. The van der Waals surface area contributed by atoms with E-state index in [1.807, 2.05) is 13.1 Å². The van der Waals surface area contributed by atoms with Crippen molar-refractivity contribution < 1.29 is 4.74 Å². The Morgan fingerprint density at radius 3 is 3.14 bits per heavy atom. The third kappa shape index (κ3) is 1.90. The summed E-state index contributed by atoms with van der Waals surface area (Å²) in [6.07, 6.45) is 2.37. The number of ether oxygens (including phenoxy) is 1. The summed E-state index contributed by atoms with van der Waals surface area (Å²) >= 11 is 0. The highest BCUT2D eigenvalue weighted by atomic mass is 16.5. The van der Waals surface area contributed by atoms with Crippen molar-refractivity contribution in [3.05, 3.63) is 29.8 Å². The summed E-state index contributed by atoms with van der Waals surface area (Å²) in [5.74, 6) is 1.68. The lowest BCUT2D eigenvalue weighted by molar-refractivity contribution is 0.316. The number of para-hydroxylation sites is 1. The van der Waals surface area contributed by atoms with Gasteiger partial charge in [0.1, 0.15) is 5.75 Å². The third-order valence-electron chi connectivity index (χ3n) is 2.76. The molecule has 0 radical (unpaired) electrons. The van der Waals surface area contributed by atoms with Crippen LogP contribution >= 0.6 is 0 Å². The van der Waals surface area contributed by atoms with E-state index in [9.17, 15) is 0 Å². The van der Waals surface area contributed by atoms with Crippen LogP contribution in [0.15, 0.2) is 24.3 Å². The molecule has 1 heterocycles. The number of hydrogen-bond donors (Lipinski definition) is 1. The lowest BCUT2D eigenvalue weighted by Crippen LogP contribution is -2.16. The number of hydrogen-bond acceptors (Lipinski definition) is 2. The van der Waals surface area contributed by atoms with E-state index in [1.165, 1.54) is 12.0 Å². The Hall–Kier alpha value is -1.02. The van der Waals surface area contributed by atoms with E-state index >= 15 is 0 Å². The molecule has 2 heteroatoms. The van der Waals surface area contributed by atoms with Gasteiger partial charge in [-0.05, 0) is 31.5 Å². The molecule has 0 amide bonds. The van der Waals surface area contributed by atoms with E-state index in [-0.39, 0.29) is 0 Å². The summed E-state index contributed by atoms with van der Waals surface area (Å²) in [4.78, 5) is 0. The molecule has 0 saturated heterocycles. The zero-order chi connectivity index (χ0) is 9.80. The van der Waals surface area contributed by atoms with Gasteiger partial charge in [0.2, 0.25) is 0 Å². The second-order valence-electron chi connectivity index (χ2n) is 3.78. The number of nitrogens with one attached hydrogen (secondary N) is 1. The number of benzene rings is 1. The van der Waals surface area contributed by atoms with Gasteiger partial charge in [-0.3, -0.25) is 0 Å². The molecule has 0 saturated carbocycles. The van der Waals surface area contributed by atoms with Gasteiger partial charge in [0.05, 0.1) is 6.61 Å². The molecule has 1 aliphatic heterocycles. The van der Waals surface area contributed by atoms with Crippen molar-refractivity contribution >= 4 is 0 Å². The second-order valence-corrected chi connectivity index (χ2v) is 3.78. The van der Waals surface area contributed by atoms with Crippen LogP contribution in [0, 0.1) is 0 Å². The van der Waals surface area contributed by atoms with E-state index in [4.69, 9.17) is 4.74 Å². The van der Waals surface area contributed by atoms with Gasteiger partial charge < -0.3 is 10.1 Å². The molecule has 1 atom stereocenters. The van der Waals surface area contributed by atoms with Gasteiger partial charge in [-0.25, -0.2) is 0 Å². The smallest absolute Gasteiger partial charge is 0.122 e. The SMILES string of the molecule is CNCC1CCCOc2ccccc21. The molecule has 1 aromatic carbocycles. The largest absolute Gasteiger partial charge is 0.493 e. The topological polar surface area (TPSA) is 21.3 Å². The Kier molecular flexibility index (Phi) is 3.04. The predicted molar refractivity (Wildman–Crippen MR) is 57.8 cm³/mol. The molecule has 0 aliphatic carbocycles. The molecule has 1 N–H and O–H groups in total. The Labute approximate surface area is 85.3 Å². The van der Waals surface area contributed by atoms with Crippen LogP contribution in [-0.4, -0.2) is 20.2 Å². The molecule has 2 nitrogen and oxygen atoms in total. The van der Waals surface area contributed by atoms with Crippen molar-refractivity contribution in [3.8, 4) is 5.75 Å². The van der Waals surface area contributed by atoms with Gasteiger partial charge in [-0.15, -0.1) is 0 Å². The minimum absolute atomic E-state index is 0.610. The van der Waals surface area contributed by atoms with Crippen molar-refractivity contribution in [1.82, 2.24) is 5.32 Å². The summed E-state index contributed by atoms with van der Waals surface area (Å²) in [5.41, 5.74) is 1.36. The average Bonchev–Trinajstić information content (AvgIpc) is 2.42. The first-order valence-electron chi connectivity index (χ1n) is 5.28. The highest BCUT2D eigenvalue weighted by Gasteiger charge is 2.18. The zero-order valence-corrected chi connectivity index (χ0v) is 8.62. The maximum Gasteiger partial charge on any atom is 0.122 e. The first-order valence-corrected chi connectivity index (χ1v) is 5.28. The highest BCUT2D eigenvalue weighted by molar-refractivity contribution is 5.37. The first-order chi connectivity index (χ1) is 6.92. The maximum absolute atomic E-state index is 5.70. The minimum atomic E-state index is 0.610. The first kappa shape index (κ1) is 9.53. The van der Waals surface area contributed by atoms with E-state index in [0.29, 0.717) is 5.92 Å². The van der Waals surface area contributed by atoms with E-state index in [0.717, 1.165) is 25.3 Å². The van der Waals surface area contributed by atoms with Gasteiger partial charge in [0.25, 0.3) is 0 Å². The molecular formula is C12H17NO. The monoisotopic (exact) mass is 191 g/mol. The molecule has 2 rings (SSSR count). The molecule has 1 unspecified atom stereocenters. The van der Waals surface area contributed by atoms with Gasteiger partial charge >= 0.3 is 0 Å². The lowest BCUT2D eigenvalue weighted by atomic mass is 9.94. The van der Waals surface area contributed by atoms with Gasteiger partial charge in [0, 0.05) is 12.5 Å². The Bertz CT molecular complexity index is 298. The number of fused-ring (bicyclic) bond motifs is 1. The summed E-state index contributed by atoms with van der Waals surface area (Å²) in [7, 11) is 2.01. The molecule has 0 fully saturated rings.